The van der Waals surface area contributed by atoms with E-state index in [1.807, 2.05) is 80.6 Å². The number of benzene rings is 3. The van der Waals surface area contributed by atoms with Gasteiger partial charge in [-0.15, -0.1) is 20.5 Å². The van der Waals surface area contributed by atoms with Crippen LogP contribution in [-0.4, -0.2) is 22.4 Å². The molecule has 6 rings (SSSR count). The first-order valence-electron chi connectivity index (χ1n) is 13.7. The maximum absolute atomic E-state index is 4.49. The molecule has 3 heterocycles. The number of hydrogen-bond acceptors (Lipinski definition) is 11. The van der Waals surface area contributed by atoms with Gasteiger partial charge in [-0.3, -0.25) is 0 Å². The van der Waals surface area contributed by atoms with Crippen LogP contribution in [0.2, 0.25) is 0 Å². The van der Waals surface area contributed by atoms with Gasteiger partial charge in [0.05, 0.1) is 27.8 Å². The number of aryl methyl sites for hydroxylation is 3. The van der Waals surface area contributed by atoms with Crippen molar-refractivity contribution in [3.05, 3.63) is 89.5 Å². The zero-order chi connectivity index (χ0) is 28.9. The number of rotatable bonds is 8. The highest BCUT2D eigenvalue weighted by molar-refractivity contribution is 7.19. The smallest absolute Gasteiger partial charge is 0.249 e. The summed E-state index contributed by atoms with van der Waals surface area (Å²) in [4.78, 5) is 6.90. The molecule has 0 N–H and O–H groups in total. The molecule has 0 spiro atoms. The van der Waals surface area contributed by atoms with Crippen LogP contribution in [-0.2, 0) is 0 Å². The molecule has 11 heteroatoms. The summed E-state index contributed by atoms with van der Waals surface area (Å²) in [6.45, 7) is 8.27. The van der Waals surface area contributed by atoms with Gasteiger partial charge in [0.2, 0.25) is 5.13 Å². The summed E-state index contributed by atoms with van der Waals surface area (Å²) in [6, 6.07) is 23.8. The third kappa shape index (κ3) is 6.69. The first-order valence-corrected chi connectivity index (χ1v) is 15.3. The van der Waals surface area contributed by atoms with Gasteiger partial charge >= 0.3 is 0 Å². The van der Waals surface area contributed by atoms with Gasteiger partial charge in [0.1, 0.15) is 5.00 Å². The van der Waals surface area contributed by atoms with Crippen molar-refractivity contribution >= 4 is 60.8 Å². The van der Waals surface area contributed by atoms with Gasteiger partial charge in [-0.1, -0.05) is 41.2 Å². The van der Waals surface area contributed by atoms with Crippen molar-refractivity contribution in [2.24, 2.45) is 30.7 Å². The van der Waals surface area contributed by atoms with Gasteiger partial charge in [0.15, 0.2) is 5.82 Å². The van der Waals surface area contributed by atoms with Gasteiger partial charge in [-0.25, -0.2) is 0 Å². The molecule has 0 bridgehead atoms. The molecule has 0 aliphatic carbocycles. The molecule has 2 aromatic heterocycles. The Hall–Kier alpha value is -4.48. The van der Waals surface area contributed by atoms with E-state index in [2.05, 4.69) is 57.9 Å². The Balaban J connectivity index is 1.08. The largest absolute Gasteiger partial charge is 0.363 e. The Bertz CT molecular complexity index is 1780. The molecule has 0 unspecified atom stereocenters. The minimum atomic E-state index is 0.509. The Kier molecular flexibility index (Phi) is 8.29. The average molecular weight is 592 g/mol. The third-order valence-electron chi connectivity index (χ3n) is 6.86. The number of hydrogen-bond donors (Lipinski definition) is 0. The topological polar surface area (TPSA) is 103 Å². The average Bonchev–Trinajstić information content (AvgIpc) is 3.78. The van der Waals surface area contributed by atoms with Gasteiger partial charge in [-0.2, -0.15) is 19.6 Å². The highest BCUT2D eigenvalue weighted by atomic mass is 32.1. The van der Waals surface area contributed by atoms with Gasteiger partial charge in [-0.05, 0) is 93.3 Å². The minimum Gasteiger partial charge on any atom is -0.363 e. The zero-order valence-corrected chi connectivity index (χ0v) is 25.2. The maximum Gasteiger partial charge on any atom is 0.249 e. The summed E-state index contributed by atoms with van der Waals surface area (Å²) in [6.07, 6.45) is 2.52. The normalized spacial score (nSPS) is 13.8. The fourth-order valence-corrected chi connectivity index (χ4v) is 5.90. The van der Waals surface area contributed by atoms with E-state index in [-0.39, 0.29) is 0 Å². The van der Waals surface area contributed by atoms with Crippen LogP contribution >= 0.6 is 22.9 Å². The molecule has 0 atom stereocenters. The quantitative estimate of drug-likeness (QED) is 0.168. The lowest BCUT2D eigenvalue weighted by molar-refractivity contribution is 0.949. The zero-order valence-electron chi connectivity index (χ0n) is 23.6. The van der Waals surface area contributed by atoms with E-state index in [0.29, 0.717) is 11.0 Å². The summed E-state index contributed by atoms with van der Waals surface area (Å²) in [5.41, 5.74) is 7.11. The number of nitrogens with zero attached hydrogens (tertiary/aromatic N) is 9. The van der Waals surface area contributed by atoms with Crippen molar-refractivity contribution in [2.45, 2.75) is 33.6 Å². The maximum atomic E-state index is 4.49. The Labute approximate surface area is 252 Å². The Morgan fingerprint density at radius 1 is 0.667 bits per heavy atom. The first kappa shape index (κ1) is 27.7. The molecule has 0 radical (unpaired) electrons. The van der Waals surface area contributed by atoms with Crippen LogP contribution < -0.4 is 4.90 Å². The lowest BCUT2D eigenvalue weighted by atomic mass is 10.1. The second kappa shape index (κ2) is 12.6. The molecular formula is C31H29N9S2. The van der Waals surface area contributed by atoms with Crippen LogP contribution in [0.4, 0.5) is 37.9 Å². The molecule has 1 fully saturated rings. The molecule has 5 aromatic rings. The molecule has 0 saturated carbocycles. The van der Waals surface area contributed by atoms with Crippen LogP contribution in [0.15, 0.2) is 103 Å². The van der Waals surface area contributed by atoms with Crippen molar-refractivity contribution in [3.8, 4) is 11.4 Å². The number of thiophene rings is 1. The van der Waals surface area contributed by atoms with Gasteiger partial charge in [0.25, 0.3) is 0 Å². The van der Waals surface area contributed by atoms with E-state index in [1.54, 1.807) is 11.3 Å². The molecule has 1 saturated heterocycles. The van der Waals surface area contributed by atoms with E-state index >= 15 is 0 Å². The first-order chi connectivity index (χ1) is 20.5. The fourth-order valence-electron chi connectivity index (χ4n) is 4.50. The van der Waals surface area contributed by atoms with Crippen LogP contribution in [0.1, 0.15) is 29.5 Å². The van der Waals surface area contributed by atoms with Crippen molar-refractivity contribution < 1.29 is 0 Å². The molecule has 0 amide bonds. The van der Waals surface area contributed by atoms with E-state index in [0.717, 1.165) is 57.5 Å². The standard InChI is InChI=1S/C31H29N9S2/c1-20-6-8-23(9-7-20)30-32-31(42-39-30)38-36-27-13-10-24(18-22(27)3)33-35-26-12-11-25(19-21(26)2)34-37-28-14-15-29(41-28)40-16-4-5-17-40/h6-15,18-19H,4-5,16-17H2,1-3H3/b35-33+,37-34+,38-36+. The molecule has 210 valence electrons. The van der Waals surface area contributed by atoms with Crippen molar-refractivity contribution in [1.29, 1.82) is 0 Å². The van der Waals surface area contributed by atoms with Gasteiger partial charge in [0, 0.05) is 30.2 Å². The number of azo groups is 3. The molecule has 1 aliphatic heterocycles. The SMILES string of the molecule is Cc1ccc(-c2nsc(/N=N/c3ccc(/N=N/c4ccc(/N=N/c5ccc(N6CCCC6)s5)cc4C)cc3C)n2)cc1. The van der Waals surface area contributed by atoms with Crippen molar-refractivity contribution in [1.82, 2.24) is 9.36 Å². The second-order valence-electron chi connectivity index (χ2n) is 10.1. The van der Waals surface area contributed by atoms with E-state index in [1.165, 1.54) is 34.9 Å². The lowest BCUT2D eigenvalue weighted by Crippen LogP contribution is -2.15. The van der Waals surface area contributed by atoms with E-state index < -0.39 is 0 Å². The summed E-state index contributed by atoms with van der Waals surface area (Å²) in [5, 5.41) is 29.1. The minimum absolute atomic E-state index is 0.509. The Morgan fingerprint density at radius 3 is 1.98 bits per heavy atom. The van der Waals surface area contributed by atoms with E-state index in [4.69, 9.17) is 0 Å². The van der Waals surface area contributed by atoms with Crippen LogP contribution in [0.5, 0.6) is 0 Å². The summed E-state index contributed by atoms with van der Waals surface area (Å²) in [5.74, 6) is 0.654. The van der Waals surface area contributed by atoms with Crippen LogP contribution in [0.25, 0.3) is 11.4 Å². The van der Waals surface area contributed by atoms with Gasteiger partial charge < -0.3 is 4.90 Å². The van der Waals surface area contributed by atoms with Crippen molar-refractivity contribution in [2.75, 3.05) is 18.0 Å². The predicted octanol–water partition coefficient (Wildman–Crippen LogP) is 11.0. The van der Waals surface area contributed by atoms with E-state index in [9.17, 15) is 0 Å². The Morgan fingerprint density at radius 2 is 1.31 bits per heavy atom. The molecular weight excluding hydrogens is 563 g/mol. The molecule has 42 heavy (non-hydrogen) atoms. The highest BCUT2D eigenvalue weighted by Crippen LogP contribution is 2.35. The summed E-state index contributed by atoms with van der Waals surface area (Å²) >= 11 is 2.90. The summed E-state index contributed by atoms with van der Waals surface area (Å²) < 4.78 is 4.41. The molecule has 3 aromatic carbocycles. The predicted molar refractivity (Wildman–Crippen MR) is 171 cm³/mol. The lowest BCUT2D eigenvalue weighted by Gasteiger charge is -2.13. The monoisotopic (exact) mass is 591 g/mol. The second-order valence-corrected chi connectivity index (χ2v) is 11.9. The van der Waals surface area contributed by atoms with Crippen LogP contribution in [0, 0.1) is 20.8 Å². The number of anilines is 1. The molecule has 1 aliphatic rings. The van der Waals surface area contributed by atoms with Crippen molar-refractivity contribution in [3.63, 3.8) is 0 Å². The summed E-state index contributed by atoms with van der Waals surface area (Å²) in [7, 11) is 0. The third-order valence-corrected chi connectivity index (χ3v) is 8.49. The molecule has 9 nitrogen and oxygen atoms in total. The highest BCUT2D eigenvalue weighted by Gasteiger charge is 2.14. The number of aromatic nitrogens is 2. The van der Waals surface area contributed by atoms with Crippen LogP contribution in [0.3, 0.4) is 0 Å². The fraction of sp³-hybridized carbons (Fsp3) is 0.226.